The van der Waals surface area contributed by atoms with Crippen LogP contribution in [0.5, 0.6) is 0 Å². The molecule has 5 nitrogen and oxygen atoms in total. The largest absolute Gasteiger partial charge is 0.462 e. The molecule has 0 heterocycles. The average molecular weight is 994 g/mol. The maximum absolute atomic E-state index is 12.9. The number of carbonyl (C=O) groups is 2. The zero-order valence-corrected chi connectivity index (χ0v) is 46.6. The number of unbranched alkanes of at least 4 members (excludes halogenated alkanes) is 17. The van der Waals surface area contributed by atoms with E-state index in [0.717, 1.165) is 109 Å². The summed E-state index contributed by atoms with van der Waals surface area (Å²) in [6, 6.07) is 0. The fourth-order valence-corrected chi connectivity index (χ4v) is 7.56. The Labute approximate surface area is 444 Å². The van der Waals surface area contributed by atoms with Crippen LogP contribution in [-0.2, 0) is 23.8 Å². The van der Waals surface area contributed by atoms with Crippen molar-refractivity contribution in [3.05, 3.63) is 146 Å². The molecule has 0 fully saturated rings. The fourth-order valence-electron chi connectivity index (χ4n) is 7.56. The van der Waals surface area contributed by atoms with Gasteiger partial charge in [-0.15, -0.1) is 0 Å². The van der Waals surface area contributed by atoms with Gasteiger partial charge in [0.2, 0.25) is 0 Å². The molecule has 0 saturated heterocycles. The van der Waals surface area contributed by atoms with Crippen LogP contribution in [0.25, 0.3) is 0 Å². The third kappa shape index (κ3) is 58.4. The van der Waals surface area contributed by atoms with Gasteiger partial charge in [0.15, 0.2) is 6.10 Å². The first-order valence-electron chi connectivity index (χ1n) is 29.4. The third-order valence-electron chi connectivity index (χ3n) is 11.9. The Morgan fingerprint density at radius 1 is 0.319 bits per heavy atom. The molecule has 0 aromatic rings. The highest BCUT2D eigenvalue weighted by Gasteiger charge is 2.17. The Kier molecular flexibility index (Phi) is 57.5. The van der Waals surface area contributed by atoms with Crippen molar-refractivity contribution in [2.45, 2.75) is 245 Å². The van der Waals surface area contributed by atoms with Crippen LogP contribution < -0.4 is 0 Å². The van der Waals surface area contributed by atoms with E-state index >= 15 is 0 Å². The topological polar surface area (TPSA) is 61.8 Å². The molecule has 72 heavy (non-hydrogen) atoms. The summed E-state index contributed by atoms with van der Waals surface area (Å²) in [7, 11) is 0. The molecule has 0 rings (SSSR count). The van der Waals surface area contributed by atoms with E-state index in [9.17, 15) is 9.59 Å². The van der Waals surface area contributed by atoms with E-state index in [2.05, 4.69) is 161 Å². The number of ether oxygens (including phenoxy) is 3. The first-order chi connectivity index (χ1) is 35.6. The van der Waals surface area contributed by atoms with Gasteiger partial charge in [-0.1, -0.05) is 244 Å². The number of hydrogen-bond donors (Lipinski definition) is 0. The van der Waals surface area contributed by atoms with E-state index in [1.54, 1.807) is 0 Å². The van der Waals surface area contributed by atoms with E-state index in [-0.39, 0.29) is 25.2 Å². The molecular weight excluding hydrogens is 885 g/mol. The predicted molar refractivity (Wildman–Crippen MR) is 315 cm³/mol. The molecule has 0 spiro atoms. The minimum absolute atomic E-state index is 0.0262. The van der Waals surface area contributed by atoms with Gasteiger partial charge in [-0.3, -0.25) is 9.59 Å². The molecule has 0 aromatic heterocycles. The molecule has 1 atom stereocenters. The van der Waals surface area contributed by atoms with E-state index in [1.807, 2.05) is 6.08 Å². The Bertz CT molecular complexity index is 1540. The molecular formula is C67H108O5. The molecule has 406 valence electrons. The summed E-state index contributed by atoms with van der Waals surface area (Å²) in [5.41, 5.74) is 0. The molecule has 0 aliphatic heterocycles. The zero-order chi connectivity index (χ0) is 52.0. The van der Waals surface area contributed by atoms with Crippen LogP contribution in [0.4, 0.5) is 0 Å². The normalized spacial score (nSPS) is 13.3. The lowest BCUT2D eigenvalue weighted by atomic mass is 10.1. The molecule has 0 bridgehead atoms. The van der Waals surface area contributed by atoms with Crippen molar-refractivity contribution >= 4 is 11.9 Å². The summed E-state index contributed by atoms with van der Waals surface area (Å²) in [5.74, 6) is -0.517. The highest BCUT2D eigenvalue weighted by atomic mass is 16.6. The van der Waals surface area contributed by atoms with Crippen LogP contribution in [0.1, 0.15) is 239 Å². The highest BCUT2D eigenvalue weighted by Crippen LogP contribution is 2.14. The van der Waals surface area contributed by atoms with Gasteiger partial charge >= 0.3 is 11.9 Å². The SMILES string of the molecule is CC/C=C\C/C=C\C/C=C\C/C=C\C/C=C\C/C=C\CCC(=O)OCC(COCCCCCCC/C=C\C/C=C\C/C=C\C/C=C\CC)OC(=O)CCCCCCCCCCC/C=C\C/C=C\CCCCC. The molecule has 0 radical (unpaired) electrons. The van der Waals surface area contributed by atoms with Crippen molar-refractivity contribution in [2.75, 3.05) is 19.8 Å². The van der Waals surface area contributed by atoms with Gasteiger partial charge in [0.1, 0.15) is 6.61 Å². The van der Waals surface area contributed by atoms with Crippen LogP contribution in [0.15, 0.2) is 146 Å². The van der Waals surface area contributed by atoms with Gasteiger partial charge in [-0.05, 0) is 128 Å². The number of esters is 2. The maximum atomic E-state index is 12.9. The summed E-state index contributed by atoms with van der Waals surface area (Å²) in [4.78, 5) is 25.5. The highest BCUT2D eigenvalue weighted by molar-refractivity contribution is 5.70. The van der Waals surface area contributed by atoms with Crippen LogP contribution in [0.2, 0.25) is 0 Å². The second-order valence-corrected chi connectivity index (χ2v) is 18.8. The molecule has 1 unspecified atom stereocenters. The smallest absolute Gasteiger partial charge is 0.306 e. The van der Waals surface area contributed by atoms with Gasteiger partial charge < -0.3 is 14.2 Å². The lowest BCUT2D eigenvalue weighted by Crippen LogP contribution is -2.30. The van der Waals surface area contributed by atoms with Crippen LogP contribution in [0.3, 0.4) is 0 Å². The number of allylic oxidation sites excluding steroid dienone is 24. The molecule has 0 amide bonds. The average Bonchev–Trinajstić information content (AvgIpc) is 3.38. The van der Waals surface area contributed by atoms with E-state index < -0.39 is 6.10 Å². The van der Waals surface area contributed by atoms with Crippen molar-refractivity contribution in [3.63, 3.8) is 0 Å². The van der Waals surface area contributed by atoms with Crippen molar-refractivity contribution in [2.24, 2.45) is 0 Å². The Balaban J connectivity index is 4.47. The van der Waals surface area contributed by atoms with Gasteiger partial charge in [-0.25, -0.2) is 0 Å². The summed E-state index contributed by atoms with van der Waals surface area (Å²) >= 11 is 0. The van der Waals surface area contributed by atoms with Gasteiger partial charge in [0.25, 0.3) is 0 Å². The monoisotopic (exact) mass is 993 g/mol. The summed E-state index contributed by atoms with van der Waals surface area (Å²) < 4.78 is 17.4. The molecule has 0 saturated carbocycles. The first kappa shape index (κ1) is 67.8. The van der Waals surface area contributed by atoms with Crippen LogP contribution >= 0.6 is 0 Å². The standard InChI is InChI=1S/C67H108O5/c1-4-7-10-13-16-19-22-25-28-31-34-36-39-42-45-48-51-54-57-60-66(68)71-64-65(63-70-62-59-56-53-50-47-44-41-38-33-30-27-24-21-18-15-12-9-6-3)72-67(69)61-58-55-52-49-46-43-40-37-35-32-29-26-23-20-17-14-11-8-5-2/h7,9-10,12,16-21,25-30,34,36,38,41-42,45,51,54,65H,4-6,8,11,13-15,22-24,31-33,35,37,39-40,43-44,46-50,52-53,55-64H2,1-3H3/b10-7-,12-9-,19-16-,20-17-,21-18-,28-25-,29-26-,30-27-,36-34-,41-38-,45-42-,54-51-. The van der Waals surface area contributed by atoms with Crippen molar-refractivity contribution < 1.29 is 23.8 Å². The first-order valence-corrected chi connectivity index (χ1v) is 29.4. The molecule has 0 aliphatic carbocycles. The summed E-state index contributed by atoms with van der Waals surface area (Å²) in [6.07, 6.45) is 88.8. The van der Waals surface area contributed by atoms with E-state index in [0.29, 0.717) is 25.9 Å². The number of carbonyl (C=O) groups excluding carboxylic acids is 2. The van der Waals surface area contributed by atoms with E-state index in [4.69, 9.17) is 14.2 Å². The molecule has 0 N–H and O–H groups in total. The minimum Gasteiger partial charge on any atom is -0.462 e. The Morgan fingerprint density at radius 2 is 0.653 bits per heavy atom. The second-order valence-electron chi connectivity index (χ2n) is 18.8. The van der Waals surface area contributed by atoms with Gasteiger partial charge in [0, 0.05) is 19.4 Å². The van der Waals surface area contributed by atoms with Gasteiger partial charge in [0.05, 0.1) is 6.61 Å². The lowest BCUT2D eigenvalue weighted by Gasteiger charge is -2.18. The van der Waals surface area contributed by atoms with Gasteiger partial charge in [-0.2, -0.15) is 0 Å². The maximum Gasteiger partial charge on any atom is 0.306 e. The quantitative estimate of drug-likeness (QED) is 0.0345. The minimum atomic E-state index is -0.592. The zero-order valence-electron chi connectivity index (χ0n) is 46.6. The fraction of sp³-hybridized carbons (Fsp3) is 0.612. The van der Waals surface area contributed by atoms with E-state index in [1.165, 1.54) is 89.9 Å². The third-order valence-corrected chi connectivity index (χ3v) is 11.9. The van der Waals surface area contributed by atoms with Crippen LogP contribution in [-0.4, -0.2) is 37.9 Å². The molecule has 0 aromatic carbocycles. The molecule has 0 aliphatic rings. The molecule has 5 heteroatoms. The Hall–Kier alpha value is -4.22. The number of rotatable bonds is 52. The summed E-state index contributed by atoms with van der Waals surface area (Å²) in [5, 5.41) is 0. The predicted octanol–water partition coefficient (Wildman–Crippen LogP) is 20.5. The van der Waals surface area contributed by atoms with Crippen molar-refractivity contribution in [1.82, 2.24) is 0 Å². The van der Waals surface area contributed by atoms with Crippen LogP contribution in [0, 0.1) is 0 Å². The number of hydrogen-bond acceptors (Lipinski definition) is 5. The van der Waals surface area contributed by atoms with Crippen molar-refractivity contribution in [1.29, 1.82) is 0 Å². The Morgan fingerprint density at radius 3 is 1.06 bits per heavy atom. The second kappa shape index (κ2) is 61.1. The van der Waals surface area contributed by atoms with Crippen molar-refractivity contribution in [3.8, 4) is 0 Å². The summed E-state index contributed by atoms with van der Waals surface area (Å²) in [6.45, 7) is 7.44. The lowest BCUT2D eigenvalue weighted by molar-refractivity contribution is -0.162.